The second kappa shape index (κ2) is 6.72. The fourth-order valence-electron chi connectivity index (χ4n) is 0.565. The van der Waals surface area contributed by atoms with Gasteiger partial charge in [-0.25, -0.2) is 0 Å². The molecule has 15 heavy (non-hydrogen) atoms. The summed E-state index contributed by atoms with van der Waals surface area (Å²) in [5.74, 6) is 2.52. The number of hydrogen-bond donors (Lipinski definition) is 0. The highest BCUT2D eigenvalue weighted by Crippen LogP contribution is 2.53. The Labute approximate surface area is 123 Å². The molecule has 0 amide bonds. The Bertz CT molecular complexity index is 318. The van der Waals surface area contributed by atoms with Gasteiger partial charge in [0, 0.05) is 0 Å². The van der Waals surface area contributed by atoms with Crippen LogP contribution >= 0.6 is 81.2 Å². The highest BCUT2D eigenvalue weighted by molar-refractivity contribution is 6.67. The van der Waals surface area contributed by atoms with Crippen molar-refractivity contribution in [3.63, 3.8) is 0 Å². The molecule has 0 saturated carbocycles. The van der Waals surface area contributed by atoms with Gasteiger partial charge in [-0.2, -0.15) is 0 Å². The summed E-state index contributed by atoms with van der Waals surface area (Å²) in [5, 5.41) is 0.279. The van der Waals surface area contributed by atoms with Gasteiger partial charge in [-0.05, 0) is 0 Å². The summed E-state index contributed by atoms with van der Waals surface area (Å²) >= 11 is 38.7. The smallest absolute Gasteiger partial charge is 0.119 e. The lowest BCUT2D eigenvalue weighted by Gasteiger charge is -2.11. The third-order valence-corrected chi connectivity index (χ3v) is 4.49. The predicted molar refractivity (Wildman–Crippen MR) is 71.5 cm³/mol. The van der Waals surface area contributed by atoms with Gasteiger partial charge in [0.05, 0.1) is 26.0 Å². The monoisotopic (exact) mass is 344 g/mol. The van der Waals surface area contributed by atoms with E-state index in [2.05, 4.69) is 12.3 Å². The van der Waals surface area contributed by atoms with E-state index in [1.54, 1.807) is 0 Å². The fourth-order valence-corrected chi connectivity index (χ4v) is 2.13. The summed E-state index contributed by atoms with van der Waals surface area (Å²) < 4.78 is -1.47. The molecule has 7 heteroatoms. The fraction of sp³-hybridized carbons (Fsp3) is 0.250. The summed E-state index contributed by atoms with van der Waals surface area (Å²) in [5.41, 5.74) is 0. The van der Waals surface area contributed by atoms with Crippen LogP contribution in [-0.2, 0) is 0 Å². The van der Waals surface area contributed by atoms with E-state index in [0.29, 0.717) is 5.88 Å². The average Bonchev–Trinajstić information content (AvgIpc) is 2.35. The Morgan fingerprint density at radius 3 is 1.33 bits per heavy atom. The molecule has 0 bridgehead atoms. The first kappa shape index (κ1) is 16.1. The Kier molecular flexibility index (Phi) is 7.20. The molecule has 0 aromatic heterocycles. The van der Waals surface area contributed by atoms with E-state index < -0.39 is 4.33 Å². The van der Waals surface area contributed by atoms with Crippen molar-refractivity contribution in [3.05, 3.63) is 20.1 Å². The van der Waals surface area contributed by atoms with E-state index in [9.17, 15) is 0 Å². The largest absolute Gasteiger partial charge is 0.191 e. The number of halogens is 7. The van der Waals surface area contributed by atoms with Crippen LogP contribution in [0.25, 0.3) is 0 Å². The van der Waals surface area contributed by atoms with Crippen LogP contribution in [0.4, 0.5) is 0 Å². The Balaban J connectivity index is 0.000000423. The SMILES string of the molecule is C#CCCl.ClC1=C(Cl)C(Cl)(Cl)C(Cl)=C1Cl. The number of allylic oxidation sites excluding steroid dienone is 4. The molecule has 0 aromatic carbocycles. The van der Waals surface area contributed by atoms with Crippen LogP contribution in [0, 0.1) is 12.3 Å². The predicted octanol–water partition coefficient (Wildman–Crippen LogP) is 5.41. The Morgan fingerprint density at radius 2 is 1.27 bits per heavy atom. The molecule has 84 valence electrons. The highest BCUT2D eigenvalue weighted by atomic mass is 35.5. The molecule has 1 aliphatic carbocycles. The van der Waals surface area contributed by atoms with E-state index in [1.165, 1.54) is 0 Å². The molecule has 0 aromatic rings. The third kappa shape index (κ3) is 3.79. The van der Waals surface area contributed by atoms with Crippen LogP contribution in [0.15, 0.2) is 20.1 Å². The number of rotatable bonds is 0. The van der Waals surface area contributed by atoms with Gasteiger partial charge in [0.1, 0.15) is 0 Å². The number of hydrogen-bond acceptors (Lipinski definition) is 0. The normalized spacial score (nSPS) is 18.5. The molecule has 0 spiro atoms. The van der Waals surface area contributed by atoms with Crippen molar-refractivity contribution in [2.24, 2.45) is 0 Å². The van der Waals surface area contributed by atoms with Gasteiger partial charge in [-0.1, -0.05) is 75.5 Å². The first-order valence-electron chi connectivity index (χ1n) is 3.29. The summed E-state index contributed by atoms with van der Waals surface area (Å²) in [7, 11) is 0. The summed E-state index contributed by atoms with van der Waals surface area (Å²) in [4.78, 5) is 0. The first-order chi connectivity index (χ1) is 6.80. The third-order valence-electron chi connectivity index (χ3n) is 1.21. The van der Waals surface area contributed by atoms with Crippen LogP contribution in [0.3, 0.4) is 0 Å². The molecular weight excluding hydrogens is 344 g/mol. The van der Waals surface area contributed by atoms with Gasteiger partial charge >= 0.3 is 0 Å². The van der Waals surface area contributed by atoms with E-state index in [4.69, 9.17) is 81.2 Å². The summed E-state index contributed by atoms with van der Waals surface area (Å²) in [6, 6.07) is 0. The summed E-state index contributed by atoms with van der Waals surface area (Å²) in [6.45, 7) is 0. The minimum atomic E-state index is -1.47. The molecule has 0 aliphatic heterocycles. The highest BCUT2D eigenvalue weighted by Gasteiger charge is 2.42. The van der Waals surface area contributed by atoms with Gasteiger partial charge < -0.3 is 0 Å². The van der Waals surface area contributed by atoms with E-state index in [-0.39, 0.29) is 20.1 Å². The molecular formula is C8H3Cl7. The molecule has 0 atom stereocenters. The molecule has 0 unspecified atom stereocenters. The minimum Gasteiger partial charge on any atom is -0.119 e. The van der Waals surface area contributed by atoms with Gasteiger partial charge in [0.2, 0.25) is 0 Å². The van der Waals surface area contributed by atoms with Crippen molar-refractivity contribution in [1.82, 2.24) is 0 Å². The van der Waals surface area contributed by atoms with Gasteiger partial charge in [0.15, 0.2) is 4.33 Å². The van der Waals surface area contributed by atoms with E-state index in [0.717, 1.165) is 0 Å². The quantitative estimate of drug-likeness (QED) is 0.406. The summed E-state index contributed by atoms with van der Waals surface area (Å²) in [6.07, 6.45) is 4.65. The molecule has 0 saturated heterocycles. The first-order valence-corrected chi connectivity index (χ1v) is 6.10. The van der Waals surface area contributed by atoms with Crippen molar-refractivity contribution in [1.29, 1.82) is 0 Å². The maximum absolute atomic E-state index is 5.68. The average molecular weight is 347 g/mol. The number of alkyl halides is 3. The lowest BCUT2D eigenvalue weighted by atomic mass is 10.4. The molecule has 1 aliphatic rings. The van der Waals surface area contributed by atoms with E-state index >= 15 is 0 Å². The van der Waals surface area contributed by atoms with E-state index in [1.807, 2.05) is 0 Å². The van der Waals surface area contributed by atoms with Crippen LogP contribution in [0.5, 0.6) is 0 Å². The molecule has 0 N–H and O–H groups in total. The zero-order valence-electron chi connectivity index (χ0n) is 6.93. The second-order valence-electron chi connectivity index (χ2n) is 2.17. The number of terminal acetylenes is 1. The topological polar surface area (TPSA) is 0 Å². The van der Waals surface area contributed by atoms with Crippen LogP contribution in [0.1, 0.15) is 0 Å². The van der Waals surface area contributed by atoms with Gasteiger partial charge in [-0.15, -0.1) is 18.0 Å². The van der Waals surface area contributed by atoms with Gasteiger partial charge in [-0.3, -0.25) is 0 Å². The molecule has 0 heterocycles. The zero-order valence-corrected chi connectivity index (χ0v) is 12.2. The lowest BCUT2D eigenvalue weighted by molar-refractivity contribution is 1.24. The van der Waals surface area contributed by atoms with Crippen molar-refractivity contribution in [3.8, 4) is 12.3 Å². The van der Waals surface area contributed by atoms with Crippen LogP contribution in [0.2, 0.25) is 0 Å². The molecule has 0 nitrogen and oxygen atoms in total. The molecule has 0 radical (unpaired) electrons. The maximum Gasteiger partial charge on any atom is 0.191 e. The zero-order chi connectivity index (χ0) is 12.2. The Hall–Kier alpha value is 1.07. The minimum absolute atomic E-state index is 0.0394. The van der Waals surface area contributed by atoms with Crippen LogP contribution < -0.4 is 0 Å². The lowest BCUT2D eigenvalue weighted by Crippen LogP contribution is -2.09. The standard InChI is InChI=1S/C5Cl6.C3H3Cl/c6-1-2(7)4(9)5(10,11)3(1)8;1-2-3-4/h;1H,3H2. The van der Waals surface area contributed by atoms with Crippen molar-refractivity contribution in [2.45, 2.75) is 4.33 Å². The van der Waals surface area contributed by atoms with Crippen LogP contribution in [-0.4, -0.2) is 10.2 Å². The van der Waals surface area contributed by atoms with Crippen molar-refractivity contribution < 1.29 is 0 Å². The van der Waals surface area contributed by atoms with Crippen molar-refractivity contribution >= 4 is 81.2 Å². The van der Waals surface area contributed by atoms with Crippen molar-refractivity contribution in [2.75, 3.05) is 5.88 Å². The van der Waals surface area contributed by atoms with Gasteiger partial charge in [0.25, 0.3) is 0 Å². The molecule has 1 rings (SSSR count). The molecule has 0 fully saturated rings. The Morgan fingerprint density at radius 1 is 1.00 bits per heavy atom. The maximum atomic E-state index is 5.68. The second-order valence-corrected chi connectivity index (χ2v) is 5.27.